The molecule has 0 unspecified atom stereocenters. The Bertz CT molecular complexity index is 735. The first kappa shape index (κ1) is 18.1. The summed E-state index contributed by atoms with van der Waals surface area (Å²) >= 11 is 0. The molecule has 0 radical (unpaired) electrons. The van der Waals surface area contributed by atoms with Gasteiger partial charge >= 0.3 is 0 Å². The van der Waals surface area contributed by atoms with E-state index in [0.29, 0.717) is 17.4 Å². The average Bonchev–Trinajstić information content (AvgIpc) is 2.93. The molecule has 0 aliphatic carbocycles. The molecule has 1 fully saturated rings. The molecule has 1 saturated heterocycles. The Labute approximate surface area is 153 Å². The smallest absolute Gasteiger partial charge is 0.259 e. The molecule has 26 heavy (non-hydrogen) atoms. The zero-order valence-electron chi connectivity index (χ0n) is 15.3. The van der Waals surface area contributed by atoms with Crippen LogP contribution in [0.1, 0.15) is 35.3 Å². The van der Waals surface area contributed by atoms with Crippen LogP contribution in [0.25, 0.3) is 0 Å². The lowest BCUT2D eigenvalue weighted by Gasteiger charge is -2.21. The van der Waals surface area contributed by atoms with Gasteiger partial charge in [-0.05, 0) is 43.7 Å². The molecule has 1 amide bonds. The molecule has 3 rings (SSSR count). The normalized spacial score (nSPS) is 17.5. The number of methoxy groups -OCH3 is 1. The minimum atomic E-state index is -0.00577. The predicted octanol–water partition coefficient (Wildman–Crippen LogP) is 2.41. The summed E-state index contributed by atoms with van der Waals surface area (Å²) in [4.78, 5) is 27.7. The van der Waals surface area contributed by atoms with E-state index >= 15 is 0 Å². The molecular weight excluding hydrogens is 330 g/mol. The quantitative estimate of drug-likeness (QED) is 0.887. The lowest BCUT2D eigenvalue weighted by Crippen LogP contribution is -2.32. The average molecular weight is 355 g/mol. The third kappa shape index (κ3) is 4.28. The van der Waals surface area contributed by atoms with Crippen molar-refractivity contribution in [1.29, 1.82) is 0 Å². The zero-order chi connectivity index (χ0) is 18.4. The number of hydrogen-bond acceptors (Lipinski definition) is 6. The number of amides is 1. The second kappa shape index (κ2) is 8.60. The van der Waals surface area contributed by atoms with E-state index in [2.05, 4.69) is 20.3 Å². The molecule has 7 heteroatoms. The largest absolute Gasteiger partial charge is 0.480 e. The molecule has 3 heterocycles. The lowest BCUT2D eigenvalue weighted by molar-refractivity contribution is 0.0755. The molecule has 0 bridgehead atoms. The van der Waals surface area contributed by atoms with Gasteiger partial charge in [0.05, 0.1) is 25.2 Å². The Morgan fingerprint density at radius 2 is 2.15 bits per heavy atom. The molecular formula is C19H25N5O2. The number of anilines is 1. The summed E-state index contributed by atoms with van der Waals surface area (Å²) in [5.41, 5.74) is 1.53. The number of nitrogens with zero attached hydrogens (tertiary/aromatic N) is 4. The van der Waals surface area contributed by atoms with Crippen LogP contribution >= 0.6 is 0 Å². The first-order chi connectivity index (χ1) is 12.7. The van der Waals surface area contributed by atoms with Crippen molar-refractivity contribution in [3.8, 4) is 5.88 Å². The Morgan fingerprint density at radius 1 is 1.27 bits per heavy atom. The highest BCUT2D eigenvalue weighted by Gasteiger charge is 2.24. The summed E-state index contributed by atoms with van der Waals surface area (Å²) in [6, 6.07) is 3.54. The van der Waals surface area contributed by atoms with Crippen LogP contribution in [-0.2, 0) is 6.42 Å². The van der Waals surface area contributed by atoms with E-state index in [9.17, 15) is 4.79 Å². The topological polar surface area (TPSA) is 80.2 Å². The fourth-order valence-corrected chi connectivity index (χ4v) is 3.34. The molecule has 138 valence electrons. The van der Waals surface area contributed by atoms with E-state index < -0.39 is 0 Å². The van der Waals surface area contributed by atoms with E-state index in [4.69, 9.17) is 4.74 Å². The number of rotatable bonds is 5. The highest BCUT2D eigenvalue weighted by Crippen LogP contribution is 2.24. The number of likely N-dealkylation sites (tertiary alicyclic amines) is 1. The molecule has 1 N–H and O–H groups in total. The molecule has 2 aromatic rings. The summed E-state index contributed by atoms with van der Waals surface area (Å²) in [7, 11) is 3.37. The second-order valence-corrected chi connectivity index (χ2v) is 6.50. The van der Waals surface area contributed by atoms with Crippen LogP contribution in [0.2, 0.25) is 0 Å². The molecule has 1 aliphatic heterocycles. The number of hydrogen-bond donors (Lipinski definition) is 1. The van der Waals surface area contributed by atoms with Crippen molar-refractivity contribution < 1.29 is 9.53 Å². The Hall–Kier alpha value is -2.70. The minimum absolute atomic E-state index is 0.00577. The maximum atomic E-state index is 12.8. The van der Waals surface area contributed by atoms with Crippen LogP contribution in [0.5, 0.6) is 5.88 Å². The number of ether oxygens (including phenoxy) is 1. The first-order valence-corrected chi connectivity index (χ1v) is 8.98. The van der Waals surface area contributed by atoms with Gasteiger partial charge in [0.25, 0.3) is 5.91 Å². The van der Waals surface area contributed by atoms with Gasteiger partial charge in [-0.25, -0.2) is 9.97 Å². The third-order valence-electron chi connectivity index (χ3n) is 4.79. The molecule has 2 aromatic heterocycles. The molecule has 1 atom stereocenters. The van der Waals surface area contributed by atoms with Crippen LogP contribution in [0.3, 0.4) is 0 Å². The van der Waals surface area contributed by atoms with Crippen LogP contribution in [0.4, 0.5) is 5.82 Å². The first-order valence-electron chi connectivity index (χ1n) is 8.98. The van der Waals surface area contributed by atoms with Gasteiger partial charge in [0.1, 0.15) is 11.4 Å². The molecule has 7 nitrogen and oxygen atoms in total. The van der Waals surface area contributed by atoms with E-state index in [0.717, 1.165) is 50.3 Å². The standard InChI is InChI=1S/C19H25N5O2/c1-20-17-13-22-15(12-23-17)11-14-5-4-9-24(10-7-14)19(25)16-6-3-8-21-18(16)26-2/h3,6,8,12-14H,4-5,7,9-11H2,1-2H3,(H,20,23)/t14-/m0/s1. The summed E-state index contributed by atoms with van der Waals surface area (Å²) in [6.07, 6.45) is 9.16. The van der Waals surface area contributed by atoms with Crippen molar-refractivity contribution in [3.63, 3.8) is 0 Å². The fraction of sp³-hybridized carbons (Fsp3) is 0.474. The van der Waals surface area contributed by atoms with Gasteiger partial charge < -0.3 is 15.0 Å². The van der Waals surface area contributed by atoms with Gasteiger partial charge in [-0.2, -0.15) is 0 Å². The predicted molar refractivity (Wildman–Crippen MR) is 99.3 cm³/mol. The van der Waals surface area contributed by atoms with Gasteiger partial charge in [0.2, 0.25) is 5.88 Å². The van der Waals surface area contributed by atoms with Crippen molar-refractivity contribution >= 4 is 11.7 Å². The zero-order valence-corrected chi connectivity index (χ0v) is 15.3. The van der Waals surface area contributed by atoms with Crippen LogP contribution in [0, 0.1) is 5.92 Å². The van der Waals surface area contributed by atoms with Crippen LogP contribution in [0.15, 0.2) is 30.7 Å². The molecule has 0 saturated carbocycles. The molecule has 0 aromatic carbocycles. The maximum Gasteiger partial charge on any atom is 0.259 e. The Morgan fingerprint density at radius 3 is 2.88 bits per heavy atom. The monoisotopic (exact) mass is 355 g/mol. The Kier molecular flexibility index (Phi) is 5.99. The molecule has 0 spiro atoms. The van der Waals surface area contributed by atoms with Gasteiger partial charge in [-0.3, -0.25) is 9.78 Å². The highest BCUT2D eigenvalue weighted by atomic mass is 16.5. The summed E-state index contributed by atoms with van der Waals surface area (Å²) in [6.45, 7) is 1.50. The van der Waals surface area contributed by atoms with E-state index in [-0.39, 0.29) is 5.91 Å². The number of carbonyl (C=O) groups excluding carboxylic acids is 1. The van der Waals surface area contributed by atoms with E-state index in [1.807, 2.05) is 18.1 Å². The second-order valence-electron chi connectivity index (χ2n) is 6.50. The highest BCUT2D eigenvalue weighted by molar-refractivity contribution is 5.96. The SMILES string of the molecule is CNc1cnc(C[C@H]2CCCN(C(=O)c3cccnc3OC)CC2)cn1. The fourth-order valence-electron chi connectivity index (χ4n) is 3.34. The number of aromatic nitrogens is 3. The summed E-state index contributed by atoms with van der Waals surface area (Å²) in [5, 5.41) is 2.98. The van der Waals surface area contributed by atoms with Crippen molar-refractivity contribution in [2.75, 3.05) is 32.6 Å². The minimum Gasteiger partial charge on any atom is -0.480 e. The van der Waals surface area contributed by atoms with Crippen LogP contribution < -0.4 is 10.1 Å². The van der Waals surface area contributed by atoms with Crippen molar-refractivity contribution in [1.82, 2.24) is 19.9 Å². The van der Waals surface area contributed by atoms with Crippen molar-refractivity contribution in [3.05, 3.63) is 42.0 Å². The summed E-state index contributed by atoms with van der Waals surface area (Å²) in [5.74, 6) is 1.67. The van der Waals surface area contributed by atoms with Gasteiger partial charge in [0.15, 0.2) is 0 Å². The van der Waals surface area contributed by atoms with Crippen molar-refractivity contribution in [2.45, 2.75) is 25.7 Å². The van der Waals surface area contributed by atoms with Gasteiger partial charge in [-0.1, -0.05) is 0 Å². The summed E-state index contributed by atoms with van der Waals surface area (Å²) < 4.78 is 5.23. The maximum absolute atomic E-state index is 12.8. The molecule has 1 aliphatic rings. The van der Waals surface area contributed by atoms with E-state index in [1.54, 1.807) is 24.5 Å². The number of pyridine rings is 1. The lowest BCUT2D eigenvalue weighted by atomic mass is 9.95. The van der Waals surface area contributed by atoms with E-state index in [1.165, 1.54) is 7.11 Å². The van der Waals surface area contributed by atoms with Gasteiger partial charge in [0, 0.05) is 26.3 Å². The number of carbonyl (C=O) groups is 1. The van der Waals surface area contributed by atoms with Crippen molar-refractivity contribution in [2.24, 2.45) is 5.92 Å². The Balaban J connectivity index is 1.61. The number of nitrogens with one attached hydrogen (secondary N) is 1. The van der Waals surface area contributed by atoms with Gasteiger partial charge in [-0.15, -0.1) is 0 Å². The van der Waals surface area contributed by atoms with Crippen LogP contribution in [-0.4, -0.2) is 53.0 Å². The third-order valence-corrected chi connectivity index (χ3v) is 4.79.